The molecule has 1 fully saturated rings. The molecule has 0 amide bonds. The smallest absolute Gasteiger partial charge is 0.156 e. The van der Waals surface area contributed by atoms with E-state index in [9.17, 15) is 4.79 Å². The molecule has 0 saturated carbocycles. The highest BCUT2D eigenvalue weighted by molar-refractivity contribution is 6.32. The summed E-state index contributed by atoms with van der Waals surface area (Å²) in [5, 5.41) is 0.227. The van der Waals surface area contributed by atoms with Crippen LogP contribution in [-0.4, -0.2) is 54.4 Å². The van der Waals surface area contributed by atoms with Crippen molar-refractivity contribution < 1.29 is 4.79 Å². The van der Waals surface area contributed by atoms with Gasteiger partial charge in [0.15, 0.2) is 6.29 Å². The van der Waals surface area contributed by atoms with E-state index >= 15 is 0 Å². The van der Waals surface area contributed by atoms with Gasteiger partial charge in [0.2, 0.25) is 0 Å². The Morgan fingerprint density at radius 3 is 2.68 bits per heavy atom. The quantitative estimate of drug-likeness (QED) is 0.609. The molecular formula is C13H19ClN4O. The zero-order valence-electron chi connectivity index (χ0n) is 11.4. The summed E-state index contributed by atoms with van der Waals surface area (Å²) in [4.78, 5) is 23.9. The fourth-order valence-electron chi connectivity index (χ4n) is 2.33. The van der Waals surface area contributed by atoms with Crippen molar-refractivity contribution in [3.8, 4) is 0 Å². The van der Waals surface area contributed by atoms with Crippen molar-refractivity contribution >= 4 is 23.7 Å². The summed E-state index contributed by atoms with van der Waals surface area (Å²) in [5.41, 5.74) is 0.371. The normalized spacial score (nSPS) is 15.7. The van der Waals surface area contributed by atoms with Crippen molar-refractivity contribution in [2.24, 2.45) is 0 Å². The van der Waals surface area contributed by atoms with Crippen LogP contribution in [0.4, 0.5) is 5.82 Å². The number of hydrogen-bond acceptors (Lipinski definition) is 5. The van der Waals surface area contributed by atoms with Crippen LogP contribution in [0, 0.1) is 6.92 Å². The number of nitrogens with zero attached hydrogens (tertiary/aromatic N) is 4. The summed E-state index contributed by atoms with van der Waals surface area (Å²) in [6.07, 6.45) is 3.28. The van der Waals surface area contributed by atoms with Crippen LogP contribution in [0.3, 0.4) is 0 Å². The molecule has 0 atom stereocenters. The standard InChI is InChI=1S/C13H19ClN4O/c1-10-15-12(14)11(9-19)13(16-10)17(2)7-8-18-5-3-4-6-18/h9H,3-8H2,1-2H3. The van der Waals surface area contributed by atoms with Gasteiger partial charge < -0.3 is 9.80 Å². The monoisotopic (exact) mass is 282 g/mol. The first-order valence-electron chi connectivity index (χ1n) is 6.54. The Kier molecular flexibility index (Phi) is 4.71. The fourth-order valence-corrected chi connectivity index (χ4v) is 2.58. The molecule has 0 aromatic carbocycles. The number of aromatic nitrogens is 2. The minimum Gasteiger partial charge on any atom is -0.358 e. The van der Waals surface area contributed by atoms with Gasteiger partial charge in [-0.05, 0) is 32.9 Å². The first kappa shape index (κ1) is 14.2. The molecule has 1 aliphatic heterocycles. The molecule has 1 saturated heterocycles. The third-order valence-electron chi connectivity index (χ3n) is 3.42. The number of likely N-dealkylation sites (N-methyl/N-ethyl adjacent to an activating group) is 1. The number of anilines is 1. The van der Waals surface area contributed by atoms with Crippen molar-refractivity contribution in [3.63, 3.8) is 0 Å². The van der Waals surface area contributed by atoms with Gasteiger partial charge in [-0.3, -0.25) is 4.79 Å². The zero-order valence-corrected chi connectivity index (χ0v) is 12.2. The summed E-state index contributed by atoms with van der Waals surface area (Å²) in [6.45, 7) is 5.91. The Morgan fingerprint density at radius 2 is 2.05 bits per heavy atom. The van der Waals surface area contributed by atoms with Gasteiger partial charge >= 0.3 is 0 Å². The third-order valence-corrected chi connectivity index (χ3v) is 3.71. The molecule has 0 bridgehead atoms. The van der Waals surface area contributed by atoms with E-state index in [0.717, 1.165) is 32.5 Å². The van der Waals surface area contributed by atoms with E-state index in [1.54, 1.807) is 6.92 Å². The topological polar surface area (TPSA) is 49.3 Å². The number of carbonyl (C=O) groups excluding carboxylic acids is 1. The minimum atomic E-state index is 0.227. The largest absolute Gasteiger partial charge is 0.358 e. The average molecular weight is 283 g/mol. The second kappa shape index (κ2) is 6.30. The van der Waals surface area contributed by atoms with Crippen LogP contribution in [0.1, 0.15) is 29.0 Å². The van der Waals surface area contributed by atoms with Crippen LogP contribution >= 0.6 is 11.6 Å². The van der Waals surface area contributed by atoms with Gasteiger partial charge in [0.25, 0.3) is 0 Å². The van der Waals surface area contributed by atoms with Gasteiger partial charge in [0, 0.05) is 20.1 Å². The number of aryl methyl sites for hydroxylation is 1. The second-order valence-electron chi connectivity index (χ2n) is 4.89. The van der Waals surface area contributed by atoms with Crippen molar-refractivity contribution in [1.82, 2.24) is 14.9 Å². The molecule has 0 spiro atoms. The van der Waals surface area contributed by atoms with Gasteiger partial charge in [-0.2, -0.15) is 0 Å². The molecule has 1 aromatic rings. The summed E-state index contributed by atoms with van der Waals surface area (Å²) in [5.74, 6) is 1.20. The van der Waals surface area contributed by atoms with Crippen molar-refractivity contribution in [1.29, 1.82) is 0 Å². The van der Waals surface area contributed by atoms with Gasteiger partial charge in [-0.25, -0.2) is 9.97 Å². The van der Waals surface area contributed by atoms with Gasteiger partial charge in [-0.1, -0.05) is 11.6 Å². The van der Waals surface area contributed by atoms with E-state index in [4.69, 9.17) is 11.6 Å². The predicted molar refractivity (Wildman–Crippen MR) is 76.1 cm³/mol. The molecule has 0 aliphatic carbocycles. The maximum absolute atomic E-state index is 11.1. The van der Waals surface area contributed by atoms with Gasteiger partial charge in [-0.15, -0.1) is 0 Å². The maximum atomic E-state index is 11.1. The summed E-state index contributed by atoms with van der Waals surface area (Å²) in [6, 6.07) is 0. The van der Waals surface area contributed by atoms with Crippen LogP contribution in [0.15, 0.2) is 0 Å². The van der Waals surface area contributed by atoms with Crippen molar-refractivity contribution in [2.75, 3.05) is 38.1 Å². The molecule has 0 radical (unpaired) electrons. The van der Waals surface area contributed by atoms with Crippen LogP contribution in [0.2, 0.25) is 5.15 Å². The van der Waals surface area contributed by atoms with Crippen LogP contribution < -0.4 is 4.90 Å². The van der Waals surface area contributed by atoms with Crippen molar-refractivity contribution in [2.45, 2.75) is 19.8 Å². The molecule has 104 valence electrons. The number of carbonyl (C=O) groups is 1. The Labute approximate surface area is 118 Å². The number of aldehydes is 1. The molecule has 0 unspecified atom stereocenters. The lowest BCUT2D eigenvalue weighted by Gasteiger charge is -2.23. The van der Waals surface area contributed by atoms with E-state index in [2.05, 4.69) is 14.9 Å². The molecule has 19 heavy (non-hydrogen) atoms. The van der Waals surface area contributed by atoms with E-state index in [1.807, 2.05) is 11.9 Å². The number of likely N-dealkylation sites (tertiary alicyclic amines) is 1. The van der Waals surface area contributed by atoms with E-state index in [1.165, 1.54) is 12.8 Å². The SMILES string of the molecule is Cc1nc(Cl)c(C=O)c(N(C)CCN2CCCC2)n1. The Bertz CT molecular complexity index is 460. The Morgan fingerprint density at radius 1 is 1.37 bits per heavy atom. The number of halogens is 1. The van der Waals surface area contributed by atoms with E-state index in [0.29, 0.717) is 17.2 Å². The highest BCUT2D eigenvalue weighted by Crippen LogP contribution is 2.21. The predicted octanol–water partition coefficient (Wildman–Crippen LogP) is 1.78. The third kappa shape index (κ3) is 3.42. The number of hydrogen-bond donors (Lipinski definition) is 0. The van der Waals surface area contributed by atoms with Crippen LogP contribution in [0.25, 0.3) is 0 Å². The highest BCUT2D eigenvalue weighted by atomic mass is 35.5. The molecule has 1 aromatic heterocycles. The molecular weight excluding hydrogens is 264 g/mol. The number of rotatable bonds is 5. The highest BCUT2D eigenvalue weighted by Gasteiger charge is 2.17. The lowest BCUT2D eigenvalue weighted by atomic mass is 10.3. The van der Waals surface area contributed by atoms with Gasteiger partial charge in [0.05, 0.1) is 5.56 Å². The van der Waals surface area contributed by atoms with E-state index < -0.39 is 0 Å². The first-order valence-corrected chi connectivity index (χ1v) is 6.92. The van der Waals surface area contributed by atoms with Crippen molar-refractivity contribution in [3.05, 3.63) is 16.5 Å². The molecule has 0 N–H and O–H groups in total. The maximum Gasteiger partial charge on any atom is 0.156 e. The summed E-state index contributed by atoms with van der Waals surface area (Å²) in [7, 11) is 1.93. The lowest BCUT2D eigenvalue weighted by Crippen LogP contribution is -2.32. The molecule has 2 heterocycles. The summed E-state index contributed by atoms with van der Waals surface area (Å²) >= 11 is 5.99. The van der Waals surface area contributed by atoms with E-state index in [-0.39, 0.29) is 5.15 Å². The second-order valence-corrected chi connectivity index (χ2v) is 5.25. The minimum absolute atomic E-state index is 0.227. The zero-order chi connectivity index (χ0) is 13.8. The summed E-state index contributed by atoms with van der Waals surface area (Å²) < 4.78 is 0. The molecule has 6 heteroatoms. The molecule has 2 rings (SSSR count). The van der Waals surface area contributed by atoms with Gasteiger partial charge in [0.1, 0.15) is 16.8 Å². The van der Waals surface area contributed by atoms with Crippen LogP contribution in [0.5, 0.6) is 0 Å². The Balaban J connectivity index is 2.08. The fraction of sp³-hybridized carbons (Fsp3) is 0.615. The average Bonchev–Trinajstić information content (AvgIpc) is 2.88. The van der Waals surface area contributed by atoms with Crippen LogP contribution in [-0.2, 0) is 0 Å². The molecule has 5 nitrogen and oxygen atoms in total. The lowest BCUT2D eigenvalue weighted by molar-refractivity contribution is 0.112. The Hall–Kier alpha value is -1.20. The molecule has 1 aliphatic rings. The first-order chi connectivity index (χ1) is 9.11.